The van der Waals surface area contributed by atoms with Gasteiger partial charge in [-0.1, -0.05) is 0 Å². The molecule has 0 bridgehead atoms. The molecule has 0 aliphatic carbocycles. The third kappa shape index (κ3) is 34.6. The molecule has 232 valence electrons. The number of amides is 2. The molecule has 0 saturated heterocycles. The molecule has 0 fully saturated rings. The molecule has 38 heavy (non-hydrogen) atoms. The van der Waals surface area contributed by atoms with Crippen molar-refractivity contribution in [3.63, 3.8) is 0 Å². The molecule has 1 aliphatic heterocycles. The number of hydrogen-bond donors (Lipinski definition) is 0. The SMILES string of the molecule is CCO[PH+](OCC)OCC.CCO[PH+](OCC)OCC.CCO[PH+](OCC)OCC.O=C1C=CC(=O)[N-]1.[Ag+]. The van der Waals surface area contributed by atoms with Crippen LogP contribution in [0.1, 0.15) is 62.3 Å². The zero-order valence-corrected chi connectivity index (χ0v) is 28.7. The number of carbonyl (C=O) groups excluding carboxylic acids is 2. The minimum Gasteiger partial charge on any atom is -0.589 e. The zero-order valence-electron chi connectivity index (χ0n) is 24.3. The minimum absolute atomic E-state index is 0. The Balaban J connectivity index is -0.000000202. The van der Waals surface area contributed by atoms with Gasteiger partial charge in [-0.05, 0) is 74.5 Å². The average Bonchev–Trinajstić information content (AvgIpc) is 3.24. The second-order valence-electron chi connectivity index (χ2n) is 5.77. The molecule has 0 N–H and O–H groups in total. The molecule has 0 spiro atoms. The molecule has 0 aromatic carbocycles. The van der Waals surface area contributed by atoms with Crippen LogP contribution in [0.2, 0.25) is 0 Å². The Morgan fingerprint density at radius 1 is 0.447 bits per heavy atom. The number of imide groups is 1. The number of nitrogens with zero attached hydrogens (tertiary/aromatic N) is 1. The van der Waals surface area contributed by atoms with Crippen molar-refractivity contribution in [1.82, 2.24) is 0 Å². The average molecular weight is 705 g/mol. The normalized spacial score (nSPS) is 11.8. The summed E-state index contributed by atoms with van der Waals surface area (Å²) in [5, 5.41) is 3.00. The summed E-state index contributed by atoms with van der Waals surface area (Å²) in [6, 6.07) is 0. The minimum atomic E-state index is -1.40. The van der Waals surface area contributed by atoms with E-state index < -0.39 is 37.6 Å². The second-order valence-corrected chi connectivity index (χ2v) is 9.87. The predicted octanol–water partition coefficient (Wildman–Crippen LogP) is 6.15. The molecular formula is C22H50AgNO11P3+3. The van der Waals surface area contributed by atoms with Gasteiger partial charge >= 0.3 is 48.2 Å². The first-order valence-corrected chi connectivity index (χ1v) is 16.2. The van der Waals surface area contributed by atoms with Crippen LogP contribution in [0.25, 0.3) is 5.32 Å². The smallest absolute Gasteiger partial charge is 0.589 e. The van der Waals surface area contributed by atoms with Gasteiger partial charge in [0.2, 0.25) is 0 Å². The first-order valence-electron chi connectivity index (χ1n) is 12.6. The quantitative estimate of drug-likeness (QED) is 0.0925. The van der Waals surface area contributed by atoms with Crippen molar-refractivity contribution < 1.29 is 72.7 Å². The molecule has 0 radical (unpaired) electrons. The van der Waals surface area contributed by atoms with Crippen LogP contribution in [0.4, 0.5) is 0 Å². The van der Waals surface area contributed by atoms with Crippen molar-refractivity contribution in [2.24, 2.45) is 0 Å². The summed E-state index contributed by atoms with van der Waals surface area (Å²) in [4.78, 5) is 20.0. The maximum atomic E-state index is 9.98. The van der Waals surface area contributed by atoms with E-state index in [1.165, 1.54) is 0 Å². The summed E-state index contributed by atoms with van der Waals surface area (Å²) in [6.07, 6.45) is 2.28. The van der Waals surface area contributed by atoms with Gasteiger partial charge in [-0.25, -0.2) is 0 Å². The maximum Gasteiger partial charge on any atom is 1.00 e. The molecule has 12 nitrogen and oxygen atoms in total. The van der Waals surface area contributed by atoms with Crippen molar-refractivity contribution >= 4 is 37.6 Å². The van der Waals surface area contributed by atoms with Crippen LogP contribution in [0, 0.1) is 0 Å². The van der Waals surface area contributed by atoms with Gasteiger partial charge in [0, 0.05) is 0 Å². The number of carbonyl (C=O) groups is 2. The Labute approximate surface area is 249 Å². The van der Waals surface area contributed by atoms with Crippen molar-refractivity contribution in [3.05, 3.63) is 17.5 Å². The molecular weight excluding hydrogens is 655 g/mol. The molecule has 1 aliphatic rings. The molecule has 1 rings (SSSR count). The molecule has 2 amide bonds. The molecule has 1 heterocycles. The Bertz CT molecular complexity index is 439. The summed E-state index contributed by atoms with van der Waals surface area (Å²) in [5.41, 5.74) is 0. The van der Waals surface area contributed by atoms with Crippen LogP contribution in [0.15, 0.2) is 12.2 Å². The van der Waals surface area contributed by atoms with E-state index in [-0.39, 0.29) is 22.4 Å². The maximum absolute atomic E-state index is 9.98. The van der Waals surface area contributed by atoms with Crippen LogP contribution in [-0.4, -0.2) is 71.3 Å². The number of hydrogen-bond acceptors (Lipinski definition) is 11. The van der Waals surface area contributed by atoms with Crippen LogP contribution >= 0.6 is 25.8 Å². The number of rotatable bonds is 18. The van der Waals surface area contributed by atoms with E-state index in [2.05, 4.69) is 5.32 Å². The molecule has 16 heteroatoms. The van der Waals surface area contributed by atoms with E-state index in [0.29, 0.717) is 59.5 Å². The fourth-order valence-electron chi connectivity index (χ4n) is 1.76. The Morgan fingerprint density at radius 3 is 0.684 bits per heavy atom. The van der Waals surface area contributed by atoms with Crippen molar-refractivity contribution in [2.75, 3.05) is 59.5 Å². The molecule has 0 aromatic rings. The van der Waals surface area contributed by atoms with Gasteiger partial charge in [0.25, 0.3) is 0 Å². The van der Waals surface area contributed by atoms with Crippen molar-refractivity contribution in [1.29, 1.82) is 0 Å². The van der Waals surface area contributed by atoms with E-state index in [9.17, 15) is 9.59 Å². The molecule has 0 aromatic heterocycles. The van der Waals surface area contributed by atoms with E-state index in [0.717, 1.165) is 12.2 Å². The predicted molar refractivity (Wildman–Crippen MR) is 152 cm³/mol. The van der Waals surface area contributed by atoms with Gasteiger partial charge < -0.3 is 14.9 Å². The van der Waals surface area contributed by atoms with Gasteiger partial charge in [-0.3, -0.25) is 0 Å². The summed E-state index contributed by atoms with van der Waals surface area (Å²) in [7, 11) is -4.19. The summed E-state index contributed by atoms with van der Waals surface area (Å²) in [5.74, 6) is -0.907. The van der Waals surface area contributed by atoms with Gasteiger partial charge in [-0.2, -0.15) is 40.7 Å². The van der Waals surface area contributed by atoms with Crippen LogP contribution in [0.3, 0.4) is 0 Å². The zero-order chi connectivity index (χ0) is 28.7. The van der Waals surface area contributed by atoms with Gasteiger partial charge in [0.05, 0.1) is 71.3 Å². The third-order valence-corrected chi connectivity index (χ3v) is 7.67. The van der Waals surface area contributed by atoms with Crippen LogP contribution in [0.5, 0.6) is 0 Å². The Hall–Kier alpha value is 0.550. The fourth-order valence-corrected chi connectivity index (χ4v) is 4.63. The topological polar surface area (TPSA) is 131 Å². The standard InChI is InChI=1S/3C6H16O3P.C4H3NO2.Ag/c3*1-4-7-10(8-5-2)9-6-3;6-3-1-2-4(7)5-3;/h3*10H,4-6H2,1-3H3;1-2H,(H,5,6,7);/q3*+1;;+1/p-1. The van der Waals surface area contributed by atoms with Crippen LogP contribution in [-0.2, 0) is 72.7 Å². The van der Waals surface area contributed by atoms with E-state index in [1.54, 1.807) is 0 Å². The second kappa shape index (κ2) is 37.6. The molecule has 0 atom stereocenters. The largest absolute Gasteiger partial charge is 1.00 e. The molecule has 0 unspecified atom stereocenters. The van der Waals surface area contributed by atoms with Crippen molar-refractivity contribution in [2.45, 2.75) is 62.3 Å². The first kappa shape index (κ1) is 45.5. The van der Waals surface area contributed by atoms with E-state index in [1.807, 2.05) is 62.3 Å². The van der Waals surface area contributed by atoms with Gasteiger partial charge in [0.1, 0.15) is 0 Å². The monoisotopic (exact) mass is 704 g/mol. The fraction of sp³-hybridized carbons (Fsp3) is 0.818. The Morgan fingerprint density at radius 2 is 0.605 bits per heavy atom. The van der Waals surface area contributed by atoms with E-state index in [4.69, 9.17) is 40.7 Å². The van der Waals surface area contributed by atoms with Crippen LogP contribution < -0.4 is 0 Å². The van der Waals surface area contributed by atoms with E-state index >= 15 is 0 Å². The first-order chi connectivity index (χ1) is 17.8. The third-order valence-electron chi connectivity index (χ3n) is 2.95. The Kier molecular flexibility index (Phi) is 45.0. The van der Waals surface area contributed by atoms with Crippen molar-refractivity contribution in [3.8, 4) is 0 Å². The summed E-state index contributed by atoms with van der Waals surface area (Å²) < 4.78 is 46.6. The van der Waals surface area contributed by atoms with Gasteiger partial charge in [-0.15, -0.1) is 0 Å². The van der Waals surface area contributed by atoms with Gasteiger partial charge in [0.15, 0.2) is 0 Å². The molecule has 0 saturated carbocycles. The summed E-state index contributed by atoms with van der Waals surface area (Å²) >= 11 is 0. The summed E-state index contributed by atoms with van der Waals surface area (Å²) in [6.45, 7) is 23.3.